The molecule has 0 heterocycles. The normalized spacial score (nSPS) is 18.1. The van der Waals surface area contributed by atoms with E-state index in [-0.39, 0.29) is 18.0 Å². The van der Waals surface area contributed by atoms with Gasteiger partial charge in [0, 0.05) is 30.9 Å². The van der Waals surface area contributed by atoms with E-state index in [1.165, 1.54) is 25.0 Å². The van der Waals surface area contributed by atoms with Gasteiger partial charge in [-0.1, -0.05) is 0 Å². The Labute approximate surface area is 114 Å². The Kier molecular flexibility index (Phi) is 4.42. The predicted octanol–water partition coefficient (Wildman–Crippen LogP) is 2.15. The van der Waals surface area contributed by atoms with Gasteiger partial charge < -0.3 is 15.3 Å². The molecule has 0 aliphatic heterocycles. The number of anilines is 1. The molecule has 106 valence electrons. The van der Waals surface area contributed by atoms with Crippen molar-refractivity contribution in [2.45, 2.75) is 37.8 Å². The van der Waals surface area contributed by atoms with Crippen molar-refractivity contribution in [3.63, 3.8) is 0 Å². The number of halogens is 1. The van der Waals surface area contributed by atoms with Gasteiger partial charge in [-0.3, -0.25) is 0 Å². The predicted molar refractivity (Wildman–Crippen MR) is 75.9 cm³/mol. The van der Waals surface area contributed by atoms with Crippen molar-refractivity contribution in [3.8, 4) is 0 Å². The minimum absolute atomic E-state index is 0.140. The van der Waals surface area contributed by atoms with Gasteiger partial charge in [0.2, 0.25) is 0 Å². The zero-order valence-electron chi connectivity index (χ0n) is 11.7. The molecule has 1 aromatic rings. The molecule has 0 amide bonds. The number of aliphatic hydroxyl groups excluding tert-OH is 1. The number of rotatable bonds is 7. The average molecular weight is 266 g/mol. The first-order valence-corrected chi connectivity index (χ1v) is 6.88. The summed E-state index contributed by atoms with van der Waals surface area (Å²) in [7, 11) is 1.99. The van der Waals surface area contributed by atoms with Gasteiger partial charge in [0.05, 0.1) is 6.61 Å². The van der Waals surface area contributed by atoms with Crippen LogP contribution in [-0.2, 0) is 0 Å². The molecule has 0 aromatic heterocycles. The van der Waals surface area contributed by atoms with Gasteiger partial charge in [0.25, 0.3) is 0 Å². The lowest BCUT2D eigenvalue weighted by molar-refractivity contribution is 0.165. The second-order valence-electron chi connectivity index (χ2n) is 5.79. The van der Waals surface area contributed by atoms with E-state index in [2.05, 4.69) is 17.1 Å². The minimum Gasteiger partial charge on any atom is -0.394 e. The van der Waals surface area contributed by atoms with E-state index in [1.54, 1.807) is 12.1 Å². The fourth-order valence-corrected chi connectivity index (χ4v) is 2.16. The molecule has 4 heteroatoms. The summed E-state index contributed by atoms with van der Waals surface area (Å²) in [4.78, 5) is 2.09. The number of hydrogen-bond acceptors (Lipinski definition) is 3. The Morgan fingerprint density at radius 1 is 1.37 bits per heavy atom. The Bertz CT molecular complexity index is 405. The molecule has 0 bridgehead atoms. The molecular weight excluding hydrogens is 243 g/mol. The first kappa shape index (κ1) is 14.3. The van der Waals surface area contributed by atoms with Crippen LogP contribution >= 0.6 is 0 Å². The van der Waals surface area contributed by atoms with Crippen LogP contribution < -0.4 is 10.2 Å². The van der Waals surface area contributed by atoms with Crippen molar-refractivity contribution in [1.82, 2.24) is 5.32 Å². The van der Waals surface area contributed by atoms with Gasteiger partial charge in [-0.2, -0.15) is 0 Å². The monoisotopic (exact) mass is 266 g/mol. The molecule has 2 rings (SSSR count). The summed E-state index contributed by atoms with van der Waals surface area (Å²) in [5.74, 6) is -0.215. The summed E-state index contributed by atoms with van der Waals surface area (Å²) < 4.78 is 12.9. The second-order valence-corrected chi connectivity index (χ2v) is 5.79. The van der Waals surface area contributed by atoms with E-state index >= 15 is 0 Å². The van der Waals surface area contributed by atoms with Crippen LogP contribution in [0.5, 0.6) is 0 Å². The highest BCUT2D eigenvalue weighted by Gasteiger charge is 2.31. The van der Waals surface area contributed by atoms with Gasteiger partial charge in [-0.05, 0) is 50.5 Å². The lowest BCUT2D eigenvalue weighted by atomic mass is 9.98. The van der Waals surface area contributed by atoms with Crippen LogP contribution in [0.4, 0.5) is 10.1 Å². The van der Waals surface area contributed by atoms with Crippen LogP contribution in [0.25, 0.3) is 0 Å². The van der Waals surface area contributed by atoms with Gasteiger partial charge in [0.1, 0.15) is 5.82 Å². The molecule has 1 fully saturated rings. The van der Waals surface area contributed by atoms with Crippen LogP contribution in [0.15, 0.2) is 24.3 Å². The maximum Gasteiger partial charge on any atom is 0.123 e. The molecule has 0 radical (unpaired) electrons. The number of hydrogen-bond donors (Lipinski definition) is 2. The smallest absolute Gasteiger partial charge is 0.123 e. The Morgan fingerprint density at radius 3 is 2.53 bits per heavy atom. The molecule has 19 heavy (non-hydrogen) atoms. The fourth-order valence-electron chi connectivity index (χ4n) is 2.16. The van der Waals surface area contributed by atoms with Crippen LogP contribution in [0.2, 0.25) is 0 Å². The quantitative estimate of drug-likeness (QED) is 0.794. The number of aliphatic hydroxyl groups is 1. The van der Waals surface area contributed by atoms with E-state index in [0.717, 1.165) is 18.7 Å². The second kappa shape index (κ2) is 5.88. The summed E-state index contributed by atoms with van der Waals surface area (Å²) >= 11 is 0. The third-order valence-corrected chi connectivity index (χ3v) is 3.75. The molecule has 2 N–H and O–H groups in total. The summed E-state index contributed by atoms with van der Waals surface area (Å²) in [5, 5.41) is 13.0. The van der Waals surface area contributed by atoms with Crippen molar-refractivity contribution in [2.24, 2.45) is 0 Å². The number of nitrogens with zero attached hydrogens (tertiary/aromatic N) is 1. The summed E-state index contributed by atoms with van der Waals surface area (Å²) in [6, 6.07) is 7.08. The highest BCUT2D eigenvalue weighted by atomic mass is 19.1. The van der Waals surface area contributed by atoms with E-state index in [4.69, 9.17) is 0 Å². The molecule has 1 aromatic carbocycles. The third kappa shape index (κ3) is 4.18. The van der Waals surface area contributed by atoms with E-state index in [9.17, 15) is 9.50 Å². The molecule has 1 saturated carbocycles. The van der Waals surface area contributed by atoms with E-state index in [0.29, 0.717) is 6.04 Å². The maximum absolute atomic E-state index is 12.9. The van der Waals surface area contributed by atoms with Gasteiger partial charge in [-0.25, -0.2) is 4.39 Å². The molecule has 1 aliphatic carbocycles. The zero-order valence-corrected chi connectivity index (χ0v) is 11.7. The van der Waals surface area contributed by atoms with Crippen LogP contribution in [0, 0.1) is 5.82 Å². The zero-order chi connectivity index (χ0) is 13.9. The minimum atomic E-state index is -0.227. The van der Waals surface area contributed by atoms with E-state index < -0.39 is 0 Å². The topological polar surface area (TPSA) is 35.5 Å². The third-order valence-electron chi connectivity index (χ3n) is 3.75. The lowest BCUT2D eigenvalue weighted by Gasteiger charge is -2.31. The van der Waals surface area contributed by atoms with Gasteiger partial charge in [-0.15, -0.1) is 0 Å². The van der Waals surface area contributed by atoms with Crippen LogP contribution in [0.3, 0.4) is 0 Å². The molecule has 1 unspecified atom stereocenters. The molecule has 1 atom stereocenters. The van der Waals surface area contributed by atoms with Gasteiger partial charge in [0.15, 0.2) is 0 Å². The van der Waals surface area contributed by atoms with Crippen molar-refractivity contribution >= 4 is 5.69 Å². The lowest BCUT2D eigenvalue weighted by Crippen LogP contribution is -2.48. The maximum atomic E-state index is 12.9. The summed E-state index contributed by atoms with van der Waals surface area (Å²) in [6.45, 7) is 3.02. The van der Waals surface area contributed by atoms with Crippen molar-refractivity contribution in [3.05, 3.63) is 30.1 Å². The van der Waals surface area contributed by atoms with Crippen molar-refractivity contribution in [1.29, 1.82) is 0 Å². The van der Waals surface area contributed by atoms with E-state index in [1.807, 2.05) is 7.05 Å². The van der Waals surface area contributed by atoms with Crippen molar-refractivity contribution in [2.75, 3.05) is 25.1 Å². The first-order valence-electron chi connectivity index (χ1n) is 6.88. The summed E-state index contributed by atoms with van der Waals surface area (Å²) in [6.07, 6.45) is 3.28. The summed E-state index contributed by atoms with van der Waals surface area (Å²) in [5.41, 5.74) is 0.767. The van der Waals surface area contributed by atoms with Gasteiger partial charge >= 0.3 is 0 Å². The molecular formula is C15H23FN2O. The standard InChI is InChI=1S/C15H23FN2O/c1-15(11-19,17-13-5-6-13)9-10-18(2)14-7-3-12(16)4-8-14/h3-4,7-8,13,17,19H,5-6,9-11H2,1-2H3. The first-order chi connectivity index (χ1) is 9.02. The average Bonchev–Trinajstić information content (AvgIpc) is 3.21. The molecule has 0 spiro atoms. The van der Waals surface area contributed by atoms with Crippen molar-refractivity contribution < 1.29 is 9.50 Å². The SMILES string of the molecule is CN(CCC(C)(CO)NC1CC1)c1ccc(F)cc1. The van der Waals surface area contributed by atoms with Crippen LogP contribution in [-0.4, -0.2) is 36.9 Å². The molecule has 3 nitrogen and oxygen atoms in total. The number of nitrogens with one attached hydrogen (secondary N) is 1. The van der Waals surface area contributed by atoms with Crippen LogP contribution in [0.1, 0.15) is 26.2 Å². The highest BCUT2D eigenvalue weighted by molar-refractivity contribution is 5.45. The molecule has 0 saturated heterocycles. The Balaban J connectivity index is 1.87. The Hall–Kier alpha value is -1.13. The Morgan fingerprint density at radius 2 is 2.00 bits per heavy atom. The number of benzene rings is 1. The largest absolute Gasteiger partial charge is 0.394 e. The fraction of sp³-hybridized carbons (Fsp3) is 0.600. The molecule has 1 aliphatic rings. The highest BCUT2D eigenvalue weighted by Crippen LogP contribution is 2.24.